The van der Waals surface area contributed by atoms with Crippen LogP contribution in [-0.4, -0.2) is 5.16 Å². The Bertz CT molecular complexity index is 482. The molecule has 0 saturated carbocycles. The zero-order valence-corrected chi connectivity index (χ0v) is 7.71. The van der Waals surface area contributed by atoms with Gasteiger partial charge in [0.15, 0.2) is 17.4 Å². The Morgan fingerprint density at radius 1 is 1.27 bits per heavy atom. The smallest absolute Gasteiger partial charge is 0.171 e. The molecule has 0 unspecified atom stereocenters. The lowest BCUT2D eigenvalue weighted by Crippen LogP contribution is -1.96. The molecule has 0 aliphatic heterocycles. The molecule has 2 N–H and O–H groups in total. The van der Waals surface area contributed by atoms with E-state index in [9.17, 15) is 8.78 Å². The Hall–Kier alpha value is -1.75. The molecule has 0 amide bonds. The van der Waals surface area contributed by atoms with E-state index in [0.29, 0.717) is 16.9 Å². The number of hydrogen-bond acceptors (Lipinski definition) is 3. The number of benzene rings is 1. The molecular formula is C10H8F2N2O. The molecular weight excluding hydrogens is 202 g/mol. The van der Waals surface area contributed by atoms with Crippen LogP contribution in [0.4, 0.5) is 8.78 Å². The highest BCUT2D eigenvalue weighted by Crippen LogP contribution is 2.24. The first kappa shape index (κ1) is 9.79. The lowest BCUT2D eigenvalue weighted by molar-refractivity contribution is 0.431. The summed E-state index contributed by atoms with van der Waals surface area (Å²) in [6.07, 6.45) is 1.45. The van der Waals surface area contributed by atoms with Crippen LogP contribution in [0, 0.1) is 11.6 Å². The molecule has 0 aliphatic carbocycles. The summed E-state index contributed by atoms with van der Waals surface area (Å²) in [4.78, 5) is 0. The minimum atomic E-state index is -0.924. The Balaban J connectivity index is 2.50. The number of aromatic nitrogens is 1. The van der Waals surface area contributed by atoms with Crippen molar-refractivity contribution >= 4 is 0 Å². The largest absolute Gasteiger partial charge is 0.356 e. The first-order valence-corrected chi connectivity index (χ1v) is 4.31. The highest BCUT2D eigenvalue weighted by Gasteiger charge is 2.11. The van der Waals surface area contributed by atoms with Gasteiger partial charge in [0.1, 0.15) is 0 Å². The predicted octanol–water partition coefficient (Wildman–Crippen LogP) is 2.08. The fourth-order valence-electron chi connectivity index (χ4n) is 1.28. The summed E-state index contributed by atoms with van der Waals surface area (Å²) in [5.74, 6) is -1.45. The van der Waals surface area contributed by atoms with Gasteiger partial charge in [0.25, 0.3) is 0 Å². The first-order valence-electron chi connectivity index (χ1n) is 4.31. The van der Waals surface area contributed by atoms with E-state index in [1.54, 1.807) is 0 Å². The maximum atomic E-state index is 12.9. The minimum Gasteiger partial charge on any atom is -0.356 e. The van der Waals surface area contributed by atoms with Crippen LogP contribution in [0.25, 0.3) is 11.3 Å². The molecule has 0 bridgehead atoms. The van der Waals surface area contributed by atoms with E-state index in [0.717, 1.165) is 12.1 Å². The predicted molar refractivity (Wildman–Crippen MR) is 49.7 cm³/mol. The van der Waals surface area contributed by atoms with Crippen molar-refractivity contribution < 1.29 is 13.3 Å². The maximum absolute atomic E-state index is 12.9. The fourth-order valence-corrected chi connectivity index (χ4v) is 1.28. The highest BCUT2D eigenvalue weighted by molar-refractivity contribution is 5.60. The van der Waals surface area contributed by atoms with Crippen LogP contribution in [0.15, 0.2) is 28.9 Å². The molecule has 0 atom stereocenters. The summed E-state index contributed by atoms with van der Waals surface area (Å²) < 4.78 is 30.5. The quantitative estimate of drug-likeness (QED) is 0.825. The maximum Gasteiger partial charge on any atom is 0.171 e. The van der Waals surface area contributed by atoms with E-state index in [2.05, 4.69) is 5.16 Å². The molecule has 1 aromatic heterocycles. The van der Waals surface area contributed by atoms with Gasteiger partial charge >= 0.3 is 0 Å². The van der Waals surface area contributed by atoms with E-state index in [-0.39, 0.29) is 6.54 Å². The SMILES string of the molecule is NCc1cnoc1-c1ccc(F)c(F)c1. The van der Waals surface area contributed by atoms with E-state index in [1.807, 2.05) is 0 Å². The van der Waals surface area contributed by atoms with Crippen molar-refractivity contribution in [2.45, 2.75) is 6.54 Å². The van der Waals surface area contributed by atoms with Crippen LogP contribution in [0.5, 0.6) is 0 Å². The van der Waals surface area contributed by atoms with Crippen LogP contribution in [0.3, 0.4) is 0 Å². The molecule has 2 rings (SSSR count). The third kappa shape index (κ3) is 1.73. The second-order valence-electron chi connectivity index (χ2n) is 3.01. The molecule has 0 spiro atoms. The average molecular weight is 210 g/mol. The van der Waals surface area contributed by atoms with Crippen molar-refractivity contribution in [1.82, 2.24) is 5.16 Å². The number of rotatable bonds is 2. The molecule has 1 heterocycles. The molecule has 5 heteroatoms. The third-order valence-corrected chi connectivity index (χ3v) is 2.05. The van der Waals surface area contributed by atoms with Crippen LogP contribution in [0.1, 0.15) is 5.56 Å². The second-order valence-corrected chi connectivity index (χ2v) is 3.01. The Labute approximate surface area is 84.5 Å². The van der Waals surface area contributed by atoms with E-state index >= 15 is 0 Å². The van der Waals surface area contributed by atoms with Crippen molar-refractivity contribution in [3.63, 3.8) is 0 Å². The Kier molecular flexibility index (Phi) is 2.47. The van der Waals surface area contributed by atoms with Crippen molar-refractivity contribution in [3.05, 3.63) is 41.6 Å². The average Bonchev–Trinajstić information content (AvgIpc) is 2.70. The minimum absolute atomic E-state index is 0.234. The third-order valence-electron chi connectivity index (χ3n) is 2.05. The number of nitrogens with zero attached hydrogens (tertiary/aromatic N) is 1. The lowest BCUT2D eigenvalue weighted by atomic mass is 10.1. The topological polar surface area (TPSA) is 52.0 Å². The molecule has 1 aromatic carbocycles. The van der Waals surface area contributed by atoms with Gasteiger partial charge in [-0.05, 0) is 18.2 Å². The van der Waals surface area contributed by atoms with E-state index < -0.39 is 11.6 Å². The van der Waals surface area contributed by atoms with Gasteiger partial charge in [-0.3, -0.25) is 0 Å². The zero-order chi connectivity index (χ0) is 10.8. The molecule has 3 nitrogen and oxygen atoms in total. The van der Waals surface area contributed by atoms with Crippen molar-refractivity contribution in [3.8, 4) is 11.3 Å². The van der Waals surface area contributed by atoms with Gasteiger partial charge in [-0.15, -0.1) is 0 Å². The second kappa shape index (κ2) is 3.78. The van der Waals surface area contributed by atoms with Gasteiger partial charge in [-0.2, -0.15) is 0 Å². The van der Waals surface area contributed by atoms with Crippen molar-refractivity contribution in [1.29, 1.82) is 0 Å². The molecule has 0 fully saturated rings. The normalized spacial score (nSPS) is 10.6. The Morgan fingerprint density at radius 3 is 2.73 bits per heavy atom. The van der Waals surface area contributed by atoms with Gasteiger partial charge in [0, 0.05) is 17.7 Å². The summed E-state index contributed by atoms with van der Waals surface area (Å²) in [6.45, 7) is 0.234. The van der Waals surface area contributed by atoms with E-state index in [1.165, 1.54) is 12.3 Å². The van der Waals surface area contributed by atoms with Gasteiger partial charge in [0.05, 0.1) is 6.20 Å². The van der Waals surface area contributed by atoms with Crippen LogP contribution in [0.2, 0.25) is 0 Å². The highest BCUT2D eigenvalue weighted by atomic mass is 19.2. The lowest BCUT2D eigenvalue weighted by Gasteiger charge is -1.99. The molecule has 78 valence electrons. The number of hydrogen-bond donors (Lipinski definition) is 1. The molecule has 0 radical (unpaired) electrons. The number of halogens is 2. The molecule has 15 heavy (non-hydrogen) atoms. The van der Waals surface area contributed by atoms with Crippen LogP contribution >= 0.6 is 0 Å². The van der Waals surface area contributed by atoms with Crippen molar-refractivity contribution in [2.75, 3.05) is 0 Å². The summed E-state index contributed by atoms with van der Waals surface area (Å²) >= 11 is 0. The standard InChI is InChI=1S/C10H8F2N2O/c11-8-2-1-6(3-9(8)12)10-7(4-13)5-14-15-10/h1-3,5H,4,13H2. The first-order chi connectivity index (χ1) is 7.22. The monoisotopic (exact) mass is 210 g/mol. The molecule has 0 aliphatic rings. The van der Waals surface area contributed by atoms with Gasteiger partial charge in [-0.25, -0.2) is 8.78 Å². The van der Waals surface area contributed by atoms with Crippen LogP contribution < -0.4 is 5.73 Å². The molecule has 2 aromatic rings. The van der Waals surface area contributed by atoms with Gasteiger partial charge < -0.3 is 10.3 Å². The number of nitrogens with two attached hydrogens (primary N) is 1. The summed E-state index contributed by atoms with van der Waals surface area (Å²) in [5.41, 5.74) is 6.51. The summed E-state index contributed by atoms with van der Waals surface area (Å²) in [5, 5.41) is 3.55. The van der Waals surface area contributed by atoms with Gasteiger partial charge in [0.2, 0.25) is 0 Å². The fraction of sp³-hybridized carbons (Fsp3) is 0.100. The zero-order valence-electron chi connectivity index (χ0n) is 7.71. The van der Waals surface area contributed by atoms with Crippen LogP contribution in [-0.2, 0) is 6.54 Å². The Morgan fingerprint density at radius 2 is 2.07 bits per heavy atom. The van der Waals surface area contributed by atoms with Crippen molar-refractivity contribution in [2.24, 2.45) is 5.73 Å². The molecule has 0 saturated heterocycles. The van der Waals surface area contributed by atoms with Gasteiger partial charge in [-0.1, -0.05) is 5.16 Å². The summed E-state index contributed by atoms with van der Waals surface area (Å²) in [7, 11) is 0. The summed E-state index contributed by atoms with van der Waals surface area (Å²) in [6, 6.07) is 3.50. The van der Waals surface area contributed by atoms with E-state index in [4.69, 9.17) is 10.3 Å².